The molecule has 0 radical (unpaired) electrons. The maximum atomic E-state index is 10.4. The Balaban J connectivity index is 4.61. The zero-order valence-corrected chi connectivity index (χ0v) is 10.3. The molecule has 0 amide bonds. The minimum Gasteiger partial charge on any atom is -0.481 e. The maximum absolute atomic E-state index is 10.4. The van der Waals surface area contributed by atoms with E-state index >= 15 is 0 Å². The van der Waals surface area contributed by atoms with Crippen molar-refractivity contribution in [2.45, 2.75) is 58.0 Å². The normalized spacial score (nSPS) is 15.7. The summed E-state index contributed by atoms with van der Waals surface area (Å²) < 4.78 is 0. The van der Waals surface area contributed by atoms with Crippen molar-refractivity contribution in [1.82, 2.24) is 0 Å². The number of nitriles is 1. The molecule has 0 aliphatic heterocycles. The smallest absolute Gasteiger partial charge is 0.303 e. The van der Waals surface area contributed by atoms with Gasteiger partial charge in [-0.2, -0.15) is 15.5 Å². The van der Waals surface area contributed by atoms with Gasteiger partial charge in [0.25, 0.3) is 0 Å². The first-order valence-corrected chi connectivity index (χ1v) is 5.32. The summed E-state index contributed by atoms with van der Waals surface area (Å²) in [6.45, 7) is 7.43. The molecule has 0 aromatic heterocycles. The first kappa shape index (κ1) is 14.6. The van der Waals surface area contributed by atoms with Crippen LogP contribution in [0.1, 0.15) is 47.0 Å². The van der Waals surface area contributed by atoms with E-state index in [0.717, 1.165) is 6.42 Å². The van der Waals surface area contributed by atoms with E-state index in [4.69, 9.17) is 10.4 Å². The van der Waals surface area contributed by atoms with Gasteiger partial charge in [-0.1, -0.05) is 6.92 Å². The van der Waals surface area contributed by atoms with Crippen LogP contribution in [0.15, 0.2) is 10.2 Å². The molecule has 1 atom stereocenters. The molecule has 0 spiro atoms. The highest BCUT2D eigenvalue weighted by Gasteiger charge is 2.25. The van der Waals surface area contributed by atoms with Gasteiger partial charge in [0.1, 0.15) is 0 Å². The number of carboxylic acid groups (broad SMARTS) is 1. The number of rotatable bonds is 6. The molecule has 5 nitrogen and oxygen atoms in total. The summed E-state index contributed by atoms with van der Waals surface area (Å²) in [5.74, 6) is -0.925. The van der Waals surface area contributed by atoms with Crippen molar-refractivity contribution in [1.29, 1.82) is 5.26 Å². The van der Waals surface area contributed by atoms with Crippen LogP contribution in [0.2, 0.25) is 0 Å². The first-order valence-electron chi connectivity index (χ1n) is 5.32. The van der Waals surface area contributed by atoms with Crippen molar-refractivity contribution < 1.29 is 9.90 Å². The fourth-order valence-electron chi connectivity index (χ4n) is 0.795. The highest BCUT2D eigenvalue weighted by atomic mass is 16.4. The summed E-state index contributed by atoms with van der Waals surface area (Å²) >= 11 is 0. The molecule has 5 heteroatoms. The van der Waals surface area contributed by atoms with Crippen LogP contribution >= 0.6 is 0 Å². The Morgan fingerprint density at radius 2 is 1.94 bits per heavy atom. The molecule has 0 bridgehead atoms. The molecule has 0 aliphatic carbocycles. The van der Waals surface area contributed by atoms with Crippen molar-refractivity contribution in [3.8, 4) is 6.07 Å². The number of hydrogen-bond acceptors (Lipinski definition) is 4. The molecule has 0 aromatic rings. The lowest BCUT2D eigenvalue weighted by Crippen LogP contribution is -2.23. The van der Waals surface area contributed by atoms with Crippen molar-refractivity contribution >= 4 is 5.97 Å². The number of aliphatic carboxylic acids is 1. The Hall–Kier alpha value is -1.44. The lowest BCUT2D eigenvalue weighted by Gasteiger charge is -2.19. The molecule has 0 aromatic carbocycles. The summed E-state index contributed by atoms with van der Waals surface area (Å²) in [7, 11) is 0. The van der Waals surface area contributed by atoms with Crippen LogP contribution in [0.25, 0.3) is 0 Å². The lowest BCUT2D eigenvalue weighted by atomic mass is 9.99. The lowest BCUT2D eigenvalue weighted by molar-refractivity contribution is -0.137. The zero-order valence-electron chi connectivity index (χ0n) is 10.3. The van der Waals surface area contributed by atoms with E-state index < -0.39 is 11.5 Å². The van der Waals surface area contributed by atoms with E-state index in [2.05, 4.69) is 10.2 Å². The van der Waals surface area contributed by atoms with Gasteiger partial charge in [-0.15, -0.1) is 0 Å². The van der Waals surface area contributed by atoms with Gasteiger partial charge in [0.2, 0.25) is 0 Å². The van der Waals surface area contributed by atoms with Crippen molar-refractivity contribution in [3.05, 3.63) is 0 Å². The molecular weight excluding hydrogens is 206 g/mol. The molecule has 0 aliphatic rings. The number of azo groups is 1. The summed E-state index contributed by atoms with van der Waals surface area (Å²) in [6, 6.07) is 2.01. The second-order valence-corrected chi connectivity index (χ2v) is 4.65. The molecule has 90 valence electrons. The van der Waals surface area contributed by atoms with Crippen molar-refractivity contribution in [2.24, 2.45) is 10.2 Å². The molecular formula is C11H19N3O2. The van der Waals surface area contributed by atoms with E-state index in [1.54, 1.807) is 6.92 Å². The Kier molecular flexibility index (Phi) is 5.09. The Morgan fingerprint density at radius 3 is 2.31 bits per heavy atom. The summed E-state index contributed by atoms with van der Waals surface area (Å²) in [4.78, 5) is 10.4. The number of carboxylic acids is 1. The van der Waals surface area contributed by atoms with Gasteiger partial charge in [0, 0.05) is 6.42 Å². The fourth-order valence-corrected chi connectivity index (χ4v) is 0.795. The van der Waals surface area contributed by atoms with Gasteiger partial charge in [-0.25, -0.2) is 0 Å². The highest BCUT2D eigenvalue weighted by Crippen LogP contribution is 2.21. The third kappa shape index (κ3) is 5.44. The minimum absolute atomic E-state index is 0.0738. The van der Waals surface area contributed by atoms with E-state index in [9.17, 15) is 4.79 Å². The van der Waals surface area contributed by atoms with Gasteiger partial charge < -0.3 is 5.11 Å². The molecule has 0 saturated carbocycles. The molecule has 1 unspecified atom stereocenters. The predicted octanol–water partition coefficient (Wildman–Crippen LogP) is 2.77. The molecule has 0 rings (SSSR count). The fraction of sp³-hybridized carbons (Fsp3) is 0.818. The first-order chi connectivity index (χ1) is 7.24. The second-order valence-electron chi connectivity index (χ2n) is 4.65. The number of nitrogens with zero attached hydrogens (tertiary/aromatic N) is 3. The topological polar surface area (TPSA) is 85.8 Å². The van der Waals surface area contributed by atoms with E-state index in [0.29, 0.717) is 0 Å². The summed E-state index contributed by atoms with van der Waals surface area (Å²) in [6.07, 6.45) is 0.925. The summed E-state index contributed by atoms with van der Waals surface area (Å²) in [5.41, 5.74) is -1.34. The third-order valence-corrected chi connectivity index (χ3v) is 2.47. The van der Waals surface area contributed by atoms with Gasteiger partial charge in [-0.05, 0) is 33.6 Å². The molecule has 16 heavy (non-hydrogen) atoms. The van der Waals surface area contributed by atoms with E-state index in [1.807, 2.05) is 26.8 Å². The Labute approximate surface area is 96.2 Å². The van der Waals surface area contributed by atoms with E-state index in [-0.39, 0.29) is 18.4 Å². The quantitative estimate of drug-likeness (QED) is 0.705. The SMILES string of the molecule is CCC(C)(C)/N=N/C(C)(C#N)CCC(=O)O. The molecule has 0 saturated heterocycles. The van der Waals surface area contributed by atoms with Crippen LogP contribution in [0, 0.1) is 11.3 Å². The standard InChI is InChI=1S/C11H19N3O2/c1-5-10(2,3)13-14-11(4,8-12)7-6-9(15)16/h5-7H2,1-4H3,(H,15,16)/b14-13+. The van der Waals surface area contributed by atoms with E-state index in [1.165, 1.54) is 0 Å². The predicted molar refractivity (Wildman–Crippen MR) is 60.1 cm³/mol. The zero-order chi connectivity index (χ0) is 12.8. The van der Waals surface area contributed by atoms with Crippen LogP contribution in [0.4, 0.5) is 0 Å². The minimum atomic E-state index is -1.04. The van der Waals surface area contributed by atoms with Crippen LogP contribution < -0.4 is 0 Å². The van der Waals surface area contributed by atoms with Crippen LogP contribution in [-0.4, -0.2) is 22.2 Å². The average Bonchev–Trinajstić information content (AvgIpc) is 2.24. The molecule has 0 heterocycles. The monoisotopic (exact) mass is 225 g/mol. The van der Waals surface area contributed by atoms with Gasteiger partial charge in [0.15, 0.2) is 5.54 Å². The highest BCUT2D eigenvalue weighted by molar-refractivity contribution is 5.66. The average molecular weight is 225 g/mol. The third-order valence-electron chi connectivity index (χ3n) is 2.47. The van der Waals surface area contributed by atoms with Crippen LogP contribution in [0.5, 0.6) is 0 Å². The number of hydrogen-bond donors (Lipinski definition) is 1. The maximum Gasteiger partial charge on any atom is 0.303 e. The molecule has 0 fully saturated rings. The largest absolute Gasteiger partial charge is 0.481 e. The van der Waals surface area contributed by atoms with Gasteiger partial charge in [0.05, 0.1) is 11.6 Å². The summed E-state index contributed by atoms with van der Waals surface area (Å²) in [5, 5.41) is 25.6. The Morgan fingerprint density at radius 1 is 1.38 bits per heavy atom. The van der Waals surface area contributed by atoms with Crippen LogP contribution in [-0.2, 0) is 4.79 Å². The van der Waals surface area contributed by atoms with Crippen LogP contribution in [0.3, 0.4) is 0 Å². The molecule has 1 N–H and O–H groups in total. The van der Waals surface area contributed by atoms with Gasteiger partial charge in [-0.3, -0.25) is 4.79 Å². The number of carbonyl (C=O) groups is 1. The van der Waals surface area contributed by atoms with Crippen molar-refractivity contribution in [3.63, 3.8) is 0 Å². The second kappa shape index (κ2) is 5.59. The van der Waals surface area contributed by atoms with Crippen molar-refractivity contribution in [2.75, 3.05) is 0 Å². The van der Waals surface area contributed by atoms with Gasteiger partial charge >= 0.3 is 5.97 Å². The Bertz CT molecular complexity index is 318.